The molecule has 26 heavy (non-hydrogen) atoms. The summed E-state index contributed by atoms with van der Waals surface area (Å²) in [5.74, 6) is 0.0781. The Balaban J connectivity index is 1.77. The quantitative estimate of drug-likeness (QED) is 0.440. The Hall–Kier alpha value is -2.12. The average Bonchev–Trinajstić information content (AvgIpc) is 2.65. The zero-order valence-electron chi connectivity index (χ0n) is 15.3. The van der Waals surface area contributed by atoms with Gasteiger partial charge in [-0.2, -0.15) is 0 Å². The van der Waals surface area contributed by atoms with Gasteiger partial charge in [-0.1, -0.05) is 36.8 Å². The van der Waals surface area contributed by atoms with Gasteiger partial charge >= 0.3 is 6.03 Å². The normalized spacial score (nSPS) is 16.0. The van der Waals surface area contributed by atoms with E-state index >= 15 is 0 Å². The van der Waals surface area contributed by atoms with Crippen LogP contribution in [0.15, 0.2) is 30.3 Å². The lowest BCUT2D eigenvalue weighted by Gasteiger charge is -2.28. The number of hydrogen-bond acceptors (Lipinski definition) is 3. The second kappa shape index (κ2) is 11.5. The summed E-state index contributed by atoms with van der Waals surface area (Å²) >= 11 is 0. The van der Waals surface area contributed by atoms with Crippen LogP contribution in [-0.4, -0.2) is 51.3 Å². The molecule has 0 radical (unpaired) electrons. The molecule has 0 aliphatic carbocycles. The summed E-state index contributed by atoms with van der Waals surface area (Å²) in [5.41, 5.74) is 6.16. The fourth-order valence-corrected chi connectivity index (χ4v) is 3.16. The Morgan fingerprint density at radius 3 is 2.54 bits per heavy atom. The Bertz CT molecular complexity index is 547. The van der Waals surface area contributed by atoms with Gasteiger partial charge in [0.2, 0.25) is 5.91 Å². The average molecular weight is 363 g/mol. The molecule has 0 saturated carbocycles. The molecule has 0 unspecified atom stereocenters. The first-order valence-electron chi connectivity index (χ1n) is 9.44. The minimum Gasteiger partial charge on any atom is -0.370 e. The van der Waals surface area contributed by atoms with Gasteiger partial charge in [-0.3, -0.25) is 4.79 Å². The fraction of sp³-hybridized carbons (Fsp3) is 0.579. The van der Waals surface area contributed by atoms with Crippen molar-refractivity contribution < 1.29 is 19.2 Å². The van der Waals surface area contributed by atoms with Crippen molar-refractivity contribution in [2.75, 3.05) is 39.4 Å². The molecule has 1 aromatic rings. The Kier molecular flexibility index (Phi) is 8.92. The summed E-state index contributed by atoms with van der Waals surface area (Å²) in [7, 11) is 0. The number of carbonyl (C=O) groups excluding carboxylic acids is 2. The predicted octanol–water partition coefficient (Wildman–Crippen LogP) is -0.0123. The topological polar surface area (TPSA) is 97.9 Å². The number of ether oxygens (including phenoxy) is 1. The van der Waals surface area contributed by atoms with Crippen LogP contribution in [0.25, 0.3) is 0 Å². The van der Waals surface area contributed by atoms with Crippen LogP contribution in [0.3, 0.4) is 0 Å². The number of nitrogens with one attached hydrogen (secondary N) is 3. The van der Waals surface area contributed by atoms with Crippen LogP contribution < -0.4 is 21.3 Å². The van der Waals surface area contributed by atoms with Gasteiger partial charge in [0.25, 0.3) is 0 Å². The maximum Gasteiger partial charge on any atom is 0.312 e. The number of hydrogen-bond donors (Lipinski definition) is 4. The molecule has 0 aromatic heterocycles. The van der Waals surface area contributed by atoms with Gasteiger partial charge in [0, 0.05) is 13.0 Å². The number of unbranched alkanes of at least 4 members (excludes halogenated alkanes) is 2. The third-order valence-corrected chi connectivity index (χ3v) is 4.61. The predicted molar refractivity (Wildman–Crippen MR) is 99.8 cm³/mol. The van der Waals surface area contributed by atoms with Crippen molar-refractivity contribution in [1.29, 1.82) is 0 Å². The second-order valence-electron chi connectivity index (χ2n) is 6.70. The van der Waals surface area contributed by atoms with E-state index in [0.717, 1.165) is 57.7 Å². The maximum atomic E-state index is 12.4. The third-order valence-electron chi connectivity index (χ3n) is 4.61. The molecule has 1 aliphatic rings. The van der Waals surface area contributed by atoms with E-state index < -0.39 is 6.03 Å². The number of quaternary nitrogens is 1. The summed E-state index contributed by atoms with van der Waals surface area (Å²) < 4.78 is 5.43. The van der Waals surface area contributed by atoms with Crippen molar-refractivity contribution in [2.45, 2.75) is 31.7 Å². The minimum absolute atomic E-state index is 0.0216. The maximum absolute atomic E-state index is 12.4. The van der Waals surface area contributed by atoms with Crippen molar-refractivity contribution in [3.05, 3.63) is 35.9 Å². The molecule has 1 aromatic carbocycles. The van der Waals surface area contributed by atoms with Crippen LogP contribution in [0.2, 0.25) is 0 Å². The Labute approximate surface area is 155 Å². The number of urea groups is 1. The van der Waals surface area contributed by atoms with E-state index in [2.05, 4.69) is 22.8 Å². The van der Waals surface area contributed by atoms with Gasteiger partial charge < -0.3 is 26.0 Å². The molecule has 144 valence electrons. The van der Waals surface area contributed by atoms with Crippen molar-refractivity contribution in [2.24, 2.45) is 5.73 Å². The van der Waals surface area contributed by atoms with Crippen LogP contribution in [0.5, 0.6) is 0 Å². The highest BCUT2D eigenvalue weighted by molar-refractivity contribution is 5.76. The lowest BCUT2D eigenvalue weighted by Crippen LogP contribution is -3.14. The molecular formula is C19H31N4O3+. The largest absolute Gasteiger partial charge is 0.370 e. The summed E-state index contributed by atoms with van der Waals surface area (Å²) in [6, 6.07) is 9.67. The molecule has 7 nitrogen and oxygen atoms in total. The number of carbonyl (C=O) groups is 2. The third kappa shape index (κ3) is 7.84. The highest BCUT2D eigenvalue weighted by atomic mass is 16.5. The smallest absolute Gasteiger partial charge is 0.312 e. The lowest BCUT2D eigenvalue weighted by atomic mass is 10.1. The first-order valence-corrected chi connectivity index (χ1v) is 9.44. The van der Waals surface area contributed by atoms with Gasteiger partial charge in [0.1, 0.15) is 25.7 Å². The van der Waals surface area contributed by atoms with E-state index in [1.54, 1.807) is 0 Å². The molecule has 1 saturated heterocycles. The van der Waals surface area contributed by atoms with E-state index in [9.17, 15) is 9.59 Å². The fourth-order valence-electron chi connectivity index (χ4n) is 3.16. The van der Waals surface area contributed by atoms with Crippen molar-refractivity contribution in [3.63, 3.8) is 0 Å². The molecule has 5 N–H and O–H groups in total. The highest BCUT2D eigenvalue weighted by Gasteiger charge is 2.22. The second-order valence-corrected chi connectivity index (χ2v) is 6.70. The van der Waals surface area contributed by atoms with E-state index in [1.807, 2.05) is 18.2 Å². The highest BCUT2D eigenvalue weighted by Crippen LogP contribution is 2.11. The van der Waals surface area contributed by atoms with Crippen LogP contribution in [0.4, 0.5) is 4.79 Å². The van der Waals surface area contributed by atoms with Gasteiger partial charge in [-0.15, -0.1) is 0 Å². The molecule has 0 spiro atoms. The van der Waals surface area contributed by atoms with Crippen LogP contribution in [0, 0.1) is 0 Å². The van der Waals surface area contributed by atoms with E-state index in [4.69, 9.17) is 10.5 Å². The van der Waals surface area contributed by atoms with Gasteiger partial charge in [0.15, 0.2) is 0 Å². The number of morpholine rings is 1. The molecule has 7 heteroatoms. The standard InChI is InChI=1S/C19H30N4O3/c20-19(25)21-10-6-2-5-9-18(24)22-17(16-7-3-1-4-8-16)15-23-11-13-26-14-12-23/h1,3-4,7-8,17H,2,5-6,9-15H2,(H,22,24)(H3,20,21,25)/p+1/t17-/m1/s1. The molecule has 3 amide bonds. The number of nitrogens with two attached hydrogens (primary N) is 1. The van der Waals surface area contributed by atoms with Crippen molar-refractivity contribution >= 4 is 11.9 Å². The number of benzene rings is 1. The molecule has 1 heterocycles. The Morgan fingerprint density at radius 1 is 1.12 bits per heavy atom. The minimum atomic E-state index is -0.501. The van der Waals surface area contributed by atoms with Gasteiger partial charge in [0.05, 0.1) is 13.2 Å². The molecule has 0 bridgehead atoms. The number of primary amides is 1. The first kappa shape index (κ1) is 20.2. The summed E-state index contributed by atoms with van der Waals surface area (Å²) in [6.45, 7) is 4.96. The van der Waals surface area contributed by atoms with Crippen LogP contribution in [-0.2, 0) is 9.53 Å². The van der Waals surface area contributed by atoms with Crippen molar-refractivity contribution in [3.8, 4) is 0 Å². The van der Waals surface area contributed by atoms with Crippen molar-refractivity contribution in [1.82, 2.24) is 10.6 Å². The zero-order valence-corrected chi connectivity index (χ0v) is 15.3. The summed E-state index contributed by atoms with van der Waals surface area (Å²) in [4.78, 5) is 24.4. The molecular weight excluding hydrogens is 332 g/mol. The van der Waals surface area contributed by atoms with Crippen LogP contribution in [0.1, 0.15) is 37.3 Å². The Morgan fingerprint density at radius 2 is 1.85 bits per heavy atom. The number of amides is 3. The monoisotopic (exact) mass is 363 g/mol. The SMILES string of the molecule is NC(=O)NCCCCCC(=O)N[C@H](C[NH+]1CCOCC1)c1ccccc1. The van der Waals surface area contributed by atoms with Gasteiger partial charge in [-0.05, 0) is 18.4 Å². The first-order chi connectivity index (χ1) is 12.6. The molecule has 2 rings (SSSR count). The van der Waals surface area contributed by atoms with Gasteiger partial charge in [-0.25, -0.2) is 4.79 Å². The molecule has 1 aliphatic heterocycles. The summed E-state index contributed by atoms with van der Waals surface area (Å²) in [6.07, 6.45) is 3.02. The van der Waals surface area contributed by atoms with E-state index in [-0.39, 0.29) is 11.9 Å². The van der Waals surface area contributed by atoms with E-state index in [1.165, 1.54) is 4.90 Å². The van der Waals surface area contributed by atoms with Crippen LogP contribution >= 0.6 is 0 Å². The zero-order chi connectivity index (χ0) is 18.6. The molecule has 1 fully saturated rings. The van der Waals surface area contributed by atoms with E-state index in [0.29, 0.717) is 13.0 Å². The molecule has 1 atom stereocenters. The number of rotatable bonds is 10. The summed E-state index contributed by atoms with van der Waals surface area (Å²) in [5, 5.41) is 5.76. The lowest BCUT2D eigenvalue weighted by molar-refractivity contribution is -0.909.